The van der Waals surface area contributed by atoms with Crippen molar-refractivity contribution in [3.63, 3.8) is 0 Å². The molecule has 1 N–H and O–H groups in total. The number of hydrogen-bond acceptors (Lipinski definition) is 4. The largest absolute Gasteiger partial charge is 0.449 e. The summed E-state index contributed by atoms with van der Waals surface area (Å²) in [5.41, 5.74) is 0.493. The summed E-state index contributed by atoms with van der Waals surface area (Å²) >= 11 is 11.9. The predicted octanol–water partition coefficient (Wildman–Crippen LogP) is 4.30. The number of carbonyl (C=O) groups excluding carboxylic acids is 2. The lowest BCUT2D eigenvalue weighted by molar-refractivity contribution is -0.123. The molecule has 0 radical (unpaired) electrons. The normalized spacial score (nSPS) is 12.9. The Kier molecular flexibility index (Phi) is 7.20. The zero-order valence-electron chi connectivity index (χ0n) is 14.1. The lowest BCUT2D eigenvalue weighted by Crippen LogP contribution is -2.30. The second-order valence-electron chi connectivity index (χ2n) is 5.29. The topological polar surface area (TPSA) is 72.5 Å². The number of ether oxygens (including phenoxy) is 1. The van der Waals surface area contributed by atoms with Crippen molar-refractivity contribution in [2.24, 2.45) is 0 Å². The molecule has 2 aromatic carbocycles. The highest BCUT2D eigenvalue weighted by atomic mass is 35.5. The number of halogens is 2. The van der Waals surface area contributed by atoms with Crippen LogP contribution in [0.4, 0.5) is 5.69 Å². The van der Waals surface area contributed by atoms with Crippen LogP contribution < -0.4 is 5.32 Å². The van der Waals surface area contributed by atoms with Gasteiger partial charge in [0.05, 0.1) is 32.0 Å². The van der Waals surface area contributed by atoms with Gasteiger partial charge in [0.2, 0.25) is 0 Å². The van der Waals surface area contributed by atoms with Crippen LogP contribution in [0.5, 0.6) is 0 Å². The molecule has 0 fully saturated rings. The van der Waals surface area contributed by atoms with Gasteiger partial charge in [0.1, 0.15) is 0 Å². The van der Waals surface area contributed by atoms with Gasteiger partial charge in [-0.15, -0.1) is 0 Å². The summed E-state index contributed by atoms with van der Waals surface area (Å²) < 4.78 is 17.3. The maximum Gasteiger partial charge on any atom is 0.340 e. The molecule has 0 aliphatic rings. The zero-order chi connectivity index (χ0) is 19.3. The van der Waals surface area contributed by atoms with Gasteiger partial charge < -0.3 is 10.1 Å². The van der Waals surface area contributed by atoms with E-state index in [4.69, 9.17) is 27.9 Å². The van der Waals surface area contributed by atoms with E-state index in [2.05, 4.69) is 5.32 Å². The highest BCUT2D eigenvalue weighted by Crippen LogP contribution is 2.25. The van der Waals surface area contributed by atoms with Gasteiger partial charge in [-0.05, 0) is 37.3 Å². The summed E-state index contributed by atoms with van der Waals surface area (Å²) in [5.74, 6) is -0.910. The highest BCUT2D eigenvalue weighted by Gasteiger charge is 2.22. The standard InChI is InChI=1S/C18H17Cl2NO4S/c1-3-26(24)16-7-5-4-6-13(16)18(23)25-11(2)17(22)21-15-10-12(19)8-9-14(15)20/h4-11H,3H2,1-2H3,(H,21,22)/t11-,26+/m1/s1. The number of esters is 1. The summed E-state index contributed by atoms with van der Waals surface area (Å²) in [6.45, 7) is 3.19. The van der Waals surface area contributed by atoms with Crippen molar-refractivity contribution in [1.29, 1.82) is 0 Å². The van der Waals surface area contributed by atoms with Gasteiger partial charge >= 0.3 is 5.97 Å². The quantitative estimate of drug-likeness (QED) is 0.716. The Balaban J connectivity index is 2.11. The minimum absolute atomic E-state index is 0.174. The fourth-order valence-corrected chi connectivity index (χ4v) is 3.37. The molecule has 0 aromatic heterocycles. The number of benzene rings is 2. The Labute approximate surface area is 164 Å². The molecule has 0 saturated carbocycles. The number of carbonyl (C=O) groups is 2. The third kappa shape index (κ3) is 5.06. The number of hydrogen-bond donors (Lipinski definition) is 1. The van der Waals surface area contributed by atoms with Gasteiger partial charge in [-0.1, -0.05) is 42.3 Å². The average Bonchev–Trinajstić information content (AvgIpc) is 2.63. The second-order valence-corrected chi connectivity index (χ2v) is 7.84. The van der Waals surface area contributed by atoms with Crippen molar-refractivity contribution in [1.82, 2.24) is 0 Å². The molecule has 5 nitrogen and oxygen atoms in total. The first kappa shape index (κ1) is 20.4. The maximum absolute atomic E-state index is 12.4. The van der Waals surface area contributed by atoms with Gasteiger partial charge in [-0.25, -0.2) is 4.79 Å². The average molecular weight is 414 g/mol. The minimum Gasteiger partial charge on any atom is -0.449 e. The van der Waals surface area contributed by atoms with Crippen LogP contribution in [0.3, 0.4) is 0 Å². The smallest absolute Gasteiger partial charge is 0.340 e. The number of nitrogens with one attached hydrogen (secondary N) is 1. The van der Waals surface area contributed by atoms with Crippen molar-refractivity contribution < 1.29 is 18.5 Å². The molecule has 8 heteroatoms. The predicted molar refractivity (Wildman–Crippen MR) is 103 cm³/mol. The number of anilines is 1. The molecule has 2 rings (SSSR count). The maximum atomic E-state index is 12.4. The van der Waals surface area contributed by atoms with Crippen molar-refractivity contribution in [2.45, 2.75) is 24.8 Å². The molecule has 2 aromatic rings. The summed E-state index contributed by atoms with van der Waals surface area (Å²) in [6, 6.07) is 11.1. The first-order valence-corrected chi connectivity index (χ1v) is 9.85. The van der Waals surface area contributed by atoms with Crippen LogP contribution in [0.15, 0.2) is 47.4 Å². The van der Waals surface area contributed by atoms with Gasteiger partial charge in [0, 0.05) is 10.8 Å². The van der Waals surface area contributed by atoms with Gasteiger partial charge in [0.25, 0.3) is 5.91 Å². The lowest BCUT2D eigenvalue weighted by atomic mass is 10.2. The first-order chi connectivity index (χ1) is 12.3. The zero-order valence-corrected chi connectivity index (χ0v) is 16.5. The molecule has 0 unspecified atom stereocenters. The fraction of sp³-hybridized carbons (Fsp3) is 0.222. The van der Waals surface area contributed by atoms with Crippen LogP contribution in [0.1, 0.15) is 24.2 Å². The highest BCUT2D eigenvalue weighted by molar-refractivity contribution is 7.85. The van der Waals surface area contributed by atoms with Crippen LogP contribution in [-0.4, -0.2) is 27.9 Å². The molecular weight excluding hydrogens is 397 g/mol. The van der Waals surface area contributed by atoms with E-state index in [0.717, 1.165) is 0 Å². The van der Waals surface area contributed by atoms with Crippen LogP contribution in [0.25, 0.3) is 0 Å². The Morgan fingerprint density at radius 2 is 1.88 bits per heavy atom. The third-order valence-electron chi connectivity index (χ3n) is 3.45. The third-order valence-corrected chi connectivity index (χ3v) is 5.39. The summed E-state index contributed by atoms with van der Waals surface area (Å²) in [7, 11) is -1.32. The second kappa shape index (κ2) is 9.16. The van der Waals surface area contributed by atoms with Gasteiger partial charge in [0.15, 0.2) is 6.10 Å². The molecule has 0 aliphatic carbocycles. The molecule has 0 spiro atoms. The Morgan fingerprint density at radius 3 is 2.58 bits per heavy atom. The fourth-order valence-electron chi connectivity index (χ4n) is 2.09. The van der Waals surface area contributed by atoms with Crippen LogP contribution >= 0.6 is 23.2 Å². The van der Waals surface area contributed by atoms with Crippen LogP contribution in [-0.2, 0) is 20.3 Å². The van der Waals surface area contributed by atoms with E-state index in [1.165, 1.54) is 19.1 Å². The molecular formula is C18H17Cl2NO4S. The monoisotopic (exact) mass is 413 g/mol. The van der Waals surface area contributed by atoms with Crippen molar-refractivity contribution >= 4 is 51.6 Å². The molecule has 0 aliphatic heterocycles. The summed E-state index contributed by atoms with van der Waals surface area (Å²) in [5, 5.41) is 3.28. The summed E-state index contributed by atoms with van der Waals surface area (Å²) in [4.78, 5) is 25.0. The van der Waals surface area contributed by atoms with Crippen molar-refractivity contribution in [2.75, 3.05) is 11.1 Å². The molecule has 2 atom stereocenters. The lowest BCUT2D eigenvalue weighted by Gasteiger charge is -2.15. The van der Waals surface area contributed by atoms with Gasteiger partial charge in [-0.3, -0.25) is 9.00 Å². The Bertz CT molecular complexity index is 857. The molecule has 1 amide bonds. The number of amides is 1. The van der Waals surface area contributed by atoms with Crippen LogP contribution in [0, 0.1) is 0 Å². The first-order valence-electron chi connectivity index (χ1n) is 7.77. The number of rotatable bonds is 6. The molecule has 138 valence electrons. The van der Waals surface area contributed by atoms with Crippen molar-refractivity contribution in [3.8, 4) is 0 Å². The van der Waals surface area contributed by atoms with Crippen LogP contribution in [0.2, 0.25) is 10.0 Å². The SMILES string of the molecule is CC[S@](=O)c1ccccc1C(=O)O[C@H](C)C(=O)Nc1cc(Cl)ccc1Cl. The van der Waals surface area contributed by atoms with Gasteiger partial charge in [-0.2, -0.15) is 0 Å². The van der Waals surface area contributed by atoms with E-state index in [9.17, 15) is 13.8 Å². The van der Waals surface area contributed by atoms with E-state index in [1.807, 2.05) is 0 Å². The molecule has 26 heavy (non-hydrogen) atoms. The van der Waals surface area contributed by atoms with E-state index in [0.29, 0.717) is 26.4 Å². The van der Waals surface area contributed by atoms with E-state index in [-0.39, 0.29) is 5.56 Å². The van der Waals surface area contributed by atoms with Crippen molar-refractivity contribution in [3.05, 3.63) is 58.1 Å². The van der Waals surface area contributed by atoms with E-state index < -0.39 is 28.8 Å². The molecule has 0 heterocycles. The molecule has 0 saturated heterocycles. The minimum atomic E-state index is -1.32. The molecule has 0 bridgehead atoms. The Hall–Kier alpha value is -1.89. The van der Waals surface area contributed by atoms with E-state index in [1.54, 1.807) is 37.3 Å². The van der Waals surface area contributed by atoms with E-state index >= 15 is 0 Å². The Morgan fingerprint density at radius 1 is 1.19 bits per heavy atom. The summed E-state index contributed by atoms with van der Waals surface area (Å²) in [6.07, 6.45) is -1.08.